The van der Waals surface area contributed by atoms with Gasteiger partial charge in [0.05, 0.1) is 19.3 Å². The molecule has 0 aromatic carbocycles. The summed E-state index contributed by atoms with van der Waals surface area (Å²) in [6.45, 7) is 1.27. The molecule has 2 aliphatic carbocycles. The van der Waals surface area contributed by atoms with Crippen molar-refractivity contribution in [2.24, 2.45) is 0 Å². The molecule has 0 bridgehead atoms. The van der Waals surface area contributed by atoms with Crippen LogP contribution in [0, 0.1) is 0 Å². The van der Waals surface area contributed by atoms with Gasteiger partial charge in [0.15, 0.2) is 0 Å². The van der Waals surface area contributed by atoms with Crippen LogP contribution in [0.4, 0.5) is 0 Å². The topological polar surface area (TPSA) is 47.6 Å². The fraction of sp³-hybridized carbons (Fsp3) is 0.923. The molecule has 0 atom stereocenters. The molecule has 0 spiro atoms. The van der Waals surface area contributed by atoms with E-state index < -0.39 is 0 Å². The second-order valence-electron chi connectivity index (χ2n) is 5.01. The fourth-order valence-electron chi connectivity index (χ4n) is 2.17. The normalized spacial score (nSPS) is 21.4. The van der Waals surface area contributed by atoms with Gasteiger partial charge >= 0.3 is 5.97 Å². The van der Waals surface area contributed by atoms with E-state index >= 15 is 0 Å². The average molecular weight is 241 g/mol. The van der Waals surface area contributed by atoms with E-state index in [9.17, 15) is 4.79 Å². The van der Waals surface area contributed by atoms with Gasteiger partial charge in [0.1, 0.15) is 6.61 Å². The van der Waals surface area contributed by atoms with Crippen LogP contribution < -0.4 is 5.32 Å². The molecule has 2 rings (SSSR count). The van der Waals surface area contributed by atoms with Crippen LogP contribution in [-0.2, 0) is 14.3 Å². The summed E-state index contributed by atoms with van der Waals surface area (Å²) in [7, 11) is 0. The van der Waals surface area contributed by atoms with Crippen molar-refractivity contribution >= 4 is 5.97 Å². The maximum atomic E-state index is 11.3. The van der Waals surface area contributed by atoms with Crippen LogP contribution in [0.2, 0.25) is 0 Å². The van der Waals surface area contributed by atoms with E-state index in [1.54, 1.807) is 0 Å². The van der Waals surface area contributed by atoms with Crippen molar-refractivity contribution in [3.05, 3.63) is 0 Å². The highest BCUT2D eigenvalue weighted by Gasteiger charge is 2.21. The van der Waals surface area contributed by atoms with Gasteiger partial charge in [-0.05, 0) is 25.7 Å². The standard InChI is InChI=1S/C13H23NO3/c15-13(10-14-11-6-7-11)17-9-8-16-12-4-2-1-3-5-12/h11-12,14H,1-10H2. The Labute approximate surface area is 103 Å². The molecule has 0 heterocycles. The molecule has 0 aromatic rings. The zero-order valence-corrected chi connectivity index (χ0v) is 10.5. The van der Waals surface area contributed by atoms with E-state index in [1.165, 1.54) is 32.1 Å². The van der Waals surface area contributed by atoms with Crippen molar-refractivity contribution < 1.29 is 14.3 Å². The van der Waals surface area contributed by atoms with Crippen LogP contribution in [-0.4, -0.2) is 37.9 Å². The number of nitrogens with one attached hydrogen (secondary N) is 1. The Bertz CT molecular complexity index is 235. The third-order valence-corrected chi connectivity index (χ3v) is 3.36. The van der Waals surface area contributed by atoms with Crippen LogP contribution >= 0.6 is 0 Å². The number of carbonyl (C=O) groups excluding carboxylic acids is 1. The van der Waals surface area contributed by atoms with E-state index in [0.717, 1.165) is 12.8 Å². The van der Waals surface area contributed by atoms with Crippen molar-refractivity contribution in [3.63, 3.8) is 0 Å². The molecule has 0 aromatic heterocycles. The molecule has 2 saturated carbocycles. The largest absolute Gasteiger partial charge is 0.462 e. The summed E-state index contributed by atoms with van der Waals surface area (Å²) in [6, 6.07) is 0.557. The van der Waals surface area contributed by atoms with Crippen molar-refractivity contribution in [3.8, 4) is 0 Å². The van der Waals surface area contributed by atoms with Gasteiger partial charge in [-0.1, -0.05) is 19.3 Å². The predicted molar refractivity (Wildman–Crippen MR) is 64.8 cm³/mol. The Morgan fingerprint density at radius 1 is 1.06 bits per heavy atom. The minimum absolute atomic E-state index is 0.163. The van der Waals surface area contributed by atoms with Crippen molar-refractivity contribution in [1.29, 1.82) is 0 Å². The summed E-state index contributed by atoms with van der Waals surface area (Å²) in [5, 5.41) is 3.13. The van der Waals surface area contributed by atoms with Gasteiger partial charge < -0.3 is 14.8 Å². The number of esters is 1. The molecule has 0 radical (unpaired) electrons. The Morgan fingerprint density at radius 2 is 1.82 bits per heavy atom. The summed E-state index contributed by atoms with van der Waals surface area (Å²) >= 11 is 0. The number of carbonyl (C=O) groups is 1. The highest BCUT2D eigenvalue weighted by molar-refractivity contribution is 5.71. The number of rotatable bonds is 7. The molecule has 0 unspecified atom stereocenters. The van der Waals surface area contributed by atoms with E-state index in [-0.39, 0.29) is 5.97 Å². The van der Waals surface area contributed by atoms with Crippen LogP contribution in [0.5, 0.6) is 0 Å². The molecule has 0 aliphatic heterocycles. The van der Waals surface area contributed by atoms with Crippen molar-refractivity contribution in [1.82, 2.24) is 5.32 Å². The maximum Gasteiger partial charge on any atom is 0.320 e. The summed E-state index contributed by atoms with van der Waals surface area (Å²) in [5.41, 5.74) is 0. The Balaban J connectivity index is 1.42. The molecule has 0 amide bonds. The van der Waals surface area contributed by atoms with Gasteiger partial charge in [-0.25, -0.2) is 0 Å². The van der Waals surface area contributed by atoms with Crippen LogP contribution in [0.3, 0.4) is 0 Å². The Morgan fingerprint density at radius 3 is 2.53 bits per heavy atom. The zero-order chi connectivity index (χ0) is 11.9. The summed E-state index contributed by atoms with van der Waals surface area (Å²) in [6.07, 6.45) is 8.99. The first kappa shape index (κ1) is 12.8. The Hall–Kier alpha value is -0.610. The van der Waals surface area contributed by atoms with Gasteiger partial charge in [-0.15, -0.1) is 0 Å². The summed E-state index contributed by atoms with van der Waals surface area (Å²) in [5.74, 6) is -0.163. The van der Waals surface area contributed by atoms with Crippen molar-refractivity contribution in [2.45, 2.75) is 57.1 Å². The first-order chi connectivity index (χ1) is 8.34. The molecule has 98 valence electrons. The summed E-state index contributed by atoms with van der Waals surface area (Å²) in [4.78, 5) is 11.3. The molecule has 2 aliphatic rings. The Kier molecular flexibility index (Phi) is 5.26. The minimum atomic E-state index is -0.163. The molecule has 1 N–H and O–H groups in total. The van der Waals surface area contributed by atoms with E-state index in [0.29, 0.717) is 31.9 Å². The lowest BCUT2D eigenvalue weighted by molar-refractivity contribution is -0.145. The quantitative estimate of drug-likeness (QED) is 0.543. The number of hydrogen-bond donors (Lipinski definition) is 1. The van der Waals surface area contributed by atoms with E-state index in [4.69, 9.17) is 9.47 Å². The third-order valence-electron chi connectivity index (χ3n) is 3.36. The lowest BCUT2D eigenvalue weighted by atomic mass is 9.98. The SMILES string of the molecule is O=C(CNC1CC1)OCCOC1CCCCC1. The van der Waals surface area contributed by atoms with Crippen molar-refractivity contribution in [2.75, 3.05) is 19.8 Å². The monoisotopic (exact) mass is 241 g/mol. The van der Waals surface area contributed by atoms with Gasteiger partial charge in [0.2, 0.25) is 0 Å². The van der Waals surface area contributed by atoms with Crippen LogP contribution in [0.15, 0.2) is 0 Å². The average Bonchev–Trinajstić information content (AvgIpc) is 3.17. The highest BCUT2D eigenvalue weighted by atomic mass is 16.6. The van der Waals surface area contributed by atoms with Gasteiger partial charge in [0.25, 0.3) is 0 Å². The molecule has 0 saturated heterocycles. The third kappa shape index (κ3) is 5.50. The minimum Gasteiger partial charge on any atom is -0.462 e. The molecular weight excluding hydrogens is 218 g/mol. The van der Waals surface area contributed by atoms with E-state index in [2.05, 4.69) is 5.32 Å². The predicted octanol–water partition coefficient (Wildman–Crippen LogP) is 1.63. The smallest absolute Gasteiger partial charge is 0.320 e. The second kappa shape index (κ2) is 6.97. The molecule has 2 fully saturated rings. The second-order valence-corrected chi connectivity index (χ2v) is 5.01. The maximum absolute atomic E-state index is 11.3. The molecule has 4 nitrogen and oxygen atoms in total. The molecule has 17 heavy (non-hydrogen) atoms. The summed E-state index contributed by atoms with van der Waals surface area (Å²) < 4.78 is 10.8. The number of hydrogen-bond acceptors (Lipinski definition) is 4. The first-order valence-corrected chi connectivity index (χ1v) is 6.85. The molecular formula is C13H23NO3. The fourth-order valence-corrected chi connectivity index (χ4v) is 2.17. The van der Waals surface area contributed by atoms with Crippen LogP contribution in [0.25, 0.3) is 0 Å². The van der Waals surface area contributed by atoms with Gasteiger partial charge in [-0.2, -0.15) is 0 Å². The van der Waals surface area contributed by atoms with E-state index in [1.807, 2.05) is 0 Å². The zero-order valence-electron chi connectivity index (χ0n) is 10.5. The van der Waals surface area contributed by atoms with Crippen LogP contribution in [0.1, 0.15) is 44.9 Å². The van der Waals surface area contributed by atoms with Gasteiger partial charge in [0, 0.05) is 6.04 Å². The highest BCUT2D eigenvalue weighted by Crippen LogP contribution is 2.20. The molecule has 4 heteroatoms. The number of ether oxygens (including phenoxy) is 2. The van der Waals surface area contributed by atoms with Gasteiger partial charge in [-0.3, -0.25) is 4.79 Å². The lowest BCUT2D eigenvalue weighted by Crippen LogP contribution is -2.27. The first-order valence-electron chi connectivity index (χ1n) is 6.85. The lowest BCUT2D eigenvalue weighted by Gasteiger charge is -2.21.